The van der Waals surface area contributed by atoms with E-state index in [1.165, 1.54) is 28.1 Å². The lowest BCUT2D eigenvalue weighted by atomic mass is 9.99. The number of rotatable bonds is 9. The van der Waals surface area contributed by atoms with Gasteiger partial charge in [0, 0.05) is 51.4 Å². The molecule has 2 aliphatic rings. The highest BCUT2D eigenvalue weighted by Gasteiger charge is 2.36. The van der Waals surface area contributed by atoms with Crippen LogP contribution in [0.25, 0.3) is 0 Å². The molecule has 0 bridgehead atoms. The van der Waals surface area contributed by atoms with Gasteiger partial charge in [-0.2, -0.15) is 5.10 Å². The number of hydrogen-bond acceptors (Lipinski definition) is 6. The van der Waals surface area contributed by atoms with Crippen molar-refractivity contribution in [3.05, 3.63) is 89.5 Å². The molecule has 0 radical (unpaired) electrons. The standard InChI is InChI=1S/C30H34FN5O4/c1-33-13-7-11-26(33)25-20-27(23-9-4-6-12-28(23)39-2)36(32-25)29(37)21-35(15-14-34-16-18-40-19-17-34)30(38)22-8-3-5-10-24(22)31/h3-13,27H,14-21H2,1-2H3. The van der Waals surface area contributed by atoms with Gasteiger partial charge in [0.2, 0.25) is 0 Å². The van der Waals surface area contributed by atoms with E-state index in [0.717, 1.165) is 30.1 Å². The van der Waals surface area contributed by atoms with Gasteiger partial charge >= 0.3 is 0 Å². The Labute approximate surface area is 233 Å². The first-order valence-corrected chi connectivity index (χ1v) is 13.4. The van der Waals surface area contributed by atoms with E-state index in [2.05, 4.69) is 4.90 Å². The zero-order valence-electron chi connectivity index (χ0n) is 22.8. The largest absolute Gasteiger partial charge is 0.496 e. The van der Waals surface area contributed by atoms with E-state index in [0.29, 0.717) is 31.9 Å². The van der Waals surface area contributed by atoms with Crippen LogP contribution in [0.1, 0.15) is 34.1 Å². The van der Waals surface area contributed by atoms with Crippen molar-refractivity contribution in [2.24, 2.45) is 12.1 Å². The molecule has 3 aromatic rings. The number of hydrazone groups is 1. The van der Waals surface area contributed by atoms with Crippen molar-refractivity contribution < 1.29 is 23.5 Å². The lowest BCUT2D eigenvalue weighted by molar-refractivity contribution is -0.133. The average molecular weight is 548 g/mol. The minimum Gasteiger partial charge on any atom is -0.496 e. The van der Waals surface area contributed by atoms with Crippen molar-refractivity contribution in [2.75, 3.05) is 53.0 Å². The Hall–Kier alpha value is -4.02. The van der Waals surface area contributed by atoms with Crippen LogP contribution in [-0.2, 0) is 16.6 Å². The molecule has 0 saturated carbocycles. The molecule has 0 spiro atoms. The number of amides is 2. The molecule has 210 valence electrons. The molecule has 1 unspecified atom stereocenters. The van der Waals surface area contributed by atoms with Gasteiger partial charge in [-0.25, -0.2) is 9.40 Å². The second-order valence-corrected chi connectivity index (χ2v) is 9.91. The Kier molecular flexibility index (Phi) is 8.57. The summed E-state index contributed by atoms with van der Waals surface area (Å²) in [6.45, 7) is 3.28. The Morgan fingerprint density at radius 2 is 1.82 bits per heavy atom. The maximum Gasteiger partial charge on any atom is 0.262 e. The summed E-state index contributed by atoms with van der Waals surface area (Å²) in [5, 5.41) is 6.22. The molecule has 1 saturated heterocycles. The highest BCUT2D eigenvalue weighted by Crippen LogP contribution is 2.37. The molecule has 5 rings (SSSR count). The van der Waals surface area contributed by atoms with Crippen molar-refractivity contribution in [1.29, 1.82) is 0 Å². The number of benzene rings is 2. The van der Waals surface area contributed by atoms with E-state index in [1.54, 1.807) is 13.2 Å². The predicted molar refractivity (Wildman–Crippen MR) is 149 cm³/mol. The van der Waals surface area contributed by atoms with Crippen LogP contribution in [0.15, 0.2) is 72.0 Å². The third-order valence-electron chi connectivity index (χ3n) is 7.41. The van der Waals surface area contributed by atoms with E-state index in [-0.39, 0.29) is 24.6 Å². The third-order valence-corrected chi connectivity index (χ3v) is 7.41. The first kappa shape index (κ1) is 27.5. The zero-order valence-corrected chi connectivity index (χ0v) is 22.8. The van der Waals surface area contributed by atoms with Crippen molar-refractivity contribution in [3.63, 3.8) is 0 Å². The average Bonchev–Trinajstić information content (AvgIpc) is 3.62. The highest BCUT2D eigenvalue weighted by molar-refractivity contribution is 6.03. The lowest BCUT2D eigenvalue weighted by Crippen LogP contribution is -2.46. The van der Waals surface area contributed by atoms with Gasteiger partial charge in [-0.15, -0.1) is 0 Å². The number of morpholine rings is 1. The summed E-state index contributed by atoms with van der Waals surface area (Å²) in [7, 11) is 3.53. The van der Waals surface area contributed by atoms with Crippen LogP contribution in [-0.4, -0.2) is 89.9 Å². The van der Waals surface area contributed by atoms with Gasteiger partial charge in [0.25, 0.3) is 11.8 Å². The minimum atomic E-state index is -0.617. The smallest absolute Gasteiger partial charge is 0.262 e. The molecule has 1 aromatic heterocycles. The van der Waals surface area contributed by atoms with E-state index < -0.39 is 17.8 Å². The number of carbonyl (C=O) groups is 2. The summed E-state index contributed by atoms with van der Waals surface area (Å²) in [5.74, 6) is -0.847. The van der Waals surface area contributed by atoms with Crippen molar-refractivity contribution in [1.82, 2.24) is 19.4 Å². The summed E-state index contributed by atoms with van der Waals surface area (Å²) in [4.78, 5) is 31.1. The van der Waals surface area contributed by atoms with E-state index in [4.69, 9.17) is 14.6 Å². The first-order valence-electron chi connectivity index (χ1n) is 13.4. The number of aryl methyl sites for hydroxylation is 1. The second-order valence-electron chi connectivity index (χ2n) is 9.91. The lowest BCUT2D eigenvalue weighted by Gasteiger charge is -2.31. The summed E-state index contributed by atoms with van der Waals surface area (Å²) < 4.78 is 27.6. The van der Waals surface area contributed by atoms with Crippen LogP contribution < -0.4 is 4.74 Å². The molecule has 2 aromatic carbocycles. The number of hydrogen-bond donors (Lipinski definition) is 0. The molecular formula is C30H34FN5O4. The van der Waals surface area contributed by atoms with Crippen LogP contribution in [0.5, 0.6) is 5.75 Å². The van der Waals surface area contributed by atoms with Gasteiger partial charge in [-0.05, 0) is 30.3 Å². The van der Waals surface area contributed by atoms with Gasteiger partial charge in [0.05, 0.1) is 43.3 Å². The van der Waals surface area contributed by atoms with Crippen LogP contribution in [0.2, 0.25) is 0 Å². The van der Waals surface area contributed by atoms with Crippen LogP contribution in [0.4, 0.5) is 4.39 Å². The van der Waals surface area contributed by atoms with Crippen LogP contribution in [0, 0.1) is 5.82 Å². The Morgan fingerprint density at radius 1 is 1.07 bits per heavy atom. The monoisotopic (exact) mass is 547 g/mol. The van der Waals surface area contributed by atoms with Crippen molar-refractivity contribution >= 4 is 17.5 Å². The SMILES string of the molecule is COc1ccccc1C1CC(c2cccn2C)=NN1C(=O)CN(CCN1CCOCC1)C(=O)c1ccccc1F. The fourth-order valence-electron chi connectivity index (χ4n) is 5.22. The maximum atomic E-state index is 14.6. The van der Waals surface area contributed by atoms with E-state index >= 15 is 0 Å². The molecule has 3 heterocycles. The Balaban J connectivity index is 1.44. The van der Waals surface area contributed by atoms with Crippen LogP contribution in [0.3, 0.4) is 0 Å². The number of halogens is 1. The van der Waals surface area contributed by atoms with Gasteiger partial charge < -0.3 is 18.9 Å². The highest BCUT2D eigenvalue weighted by atomic mass is 19.1. The zero-order chi connectivity index (χ0) is 28.1. The number of carbonyl (C=O) groups excluding carboxylic acids is 2. The Morgan fingerprint density at radius 3 is 2.55 bits per heavy atom. The summed E-state index contributed by atoms with van der Waals surface area (Å²) in [5.41, 5.74) is 2.43. The molecule has 0 N–H and O–H groups in total. The quantitative estimate of drug-likeness (QED) is 0.411. The number of aromatic nitrogens is 1. The van der Waals surface area contributed by atoms with E-state index in [1.807, 2.05) is 54.2 Å². The molecule has 9 nitrogen and oxygen atoms in total. The molecule has 2 amide bonds. The fraction of sp³-hybridized carbons (Fsp3) is 0.367. The Bertz CT molecular complexity index is 1380. The normalized spacial score (nSPS) is 17.5. The molecular weight excluding hydrogens is 513 g/mol. The fourth-order valence-corrected chi connectivity index (χ4v) is 5.22. The van der Waals surface area contributed by atoms with Gasteiger partial charge in [-0.3, -0.25) is 14.5 Å². The molecule has 0 aliphatic carbocycles. The molecule has 40 heavy (non-hydrogen) atoms. The predicted octanol–water partition coefficient (Wildman–Crippen LogP) is 3.33. The van der Waals surface area contributed by atoms with Gasteiger partial charge in [0.1, 0.15) is 18.1 Å². The van der Waals surface area contributed by atoms with Crippen molar-refractivity contribution in [2.45, 2.75) is 12.5 Å². The van der Waals surface area contributed by atoms with E-state index in [9.17, 15) is 14.0 Å². The maximum absolute atomic E-state index is 14.6. The number of ether oxygens (including phenoxy) is 2. The van der Waals surface area contributed by atoms with Crippen LogP contribution >= 0.6 is 0 Å². The third kappa shape index (κ3) is 5.93. The molecule has 1 atom stereocenters. The summed E-state index contributed by atoms with van der Waals surface area (Å²) in [6.07, 6.45) is 2.42. The summed E-state index contributed by atoms with van der Waals surface area (Å²) >= 11 is 0. The number of methoxy groups -OCH3 is 1. The molecule has 10 heteroatoms. The number of nitrogens with zero attached hydrogens (tertiary/aromatic N) is 5. The van der Waals surface area contributed by atoms with Gasteiger partial charge in [0.15, 0.2) is 0 Å². The van der Waals surface area contributed by atoms with Gasteiger partial charge in [-0.1, -0.05) is 30.3 Å². The number of para-hydroxylation sites is 1. The minimum absolute atomic E-state index is 0.0621. The topological polar surface area (TPSA) is 79.6 Å². The molecule has 2 aliphatic heterocycles. The second kappa shape index (κ2) is 12.4. The summed E-state index contributed by atoms with van der Waals surface area (Å²) in [6, 6.07) is 16.9. The molecule has 1 fully saturated rings. The van der Waals surface area contributed by atoms with Crippen molar-refractivity contribution in [3.8, 4) is 5.75 Å². The first-order chi connectivity index (χ1) is 19.5.